The van der Waals surface area contributed by atoms with Crippen molar-refractivity contribution in [3.63, 3.8) is 0 Å². The van der Waals surface area contributed by atoms with Crippen LogP contribution < -0.4 is 21.7 Å². The maximum atomic E-state index is 5.77. The molecule has 0 saturated carbocycles. The number of aryl methyl sites for hydroxylation is 1. The summed E-state index contributed by atoms with van der Waals surface area (Å²) in [6.07, 6.45) is 0. The van der Waals surface area contributed by atoms with Crippen molar-refractivity contribution in [2.24, 2.45) is 0 Å². The maximum absolute atomic E-state index is 5.77. The van der Waals surface area contributed by atoms with E-state index < -0.39 is 0 Å². The number of halogens is 1. The van der Waals surface area contributed by atoms with Gasteiger partial charge in [-0.05, 0) is 31.0 Å². The molecule has 0 amide bonds. The summed E-state index contributed by atoms with van der Waals surface area (Å²) < 4.78 is 5.77. The van der Waals surface area contributed by atoms with E-state index in [2.05, 4.69) is 26.0 Å². The normalized spacial score (nSPS) is 9.00. The average Bonchev–Trinajstić information content (AvgIpc) is 2.32. The zero-order valence-corrected chi connectivity index (χ0v) is 13.7. The Balaban J connectivity index is 0.00000144. The molecular weight excluding hydrogens is 300 g/mol. The Morgan fingerprint density at radius 1 is 1.06 bits per heavy atom. The van der Waals surface area contributed by atoms with Gasteiger partial charge >= 0.3 is 23.1 Å². The van der Waals surface area contributed by atoms with Gasteiger partial charge in [0.25, 0.3) is 0 Å². The molecule has 0 bridgehead atoms. The first-order chi connectivity index (χ1) is 7.77. The number of rotatable bonds is 3. The second kappa shape index (κ2) is 8.56. The van der Waals surface area contributed by atoms with Gasteiger partial charge in [0, 0.05) is 0 Å². The van der Waals surface area contributed by atoms with Gasteiger partial charge in [-0.1, -0.05) is 12.1 Å². The van der Waals surface area contributed by atoms with Crippen molar-refractivity contribution in [3.8, 4) is 5.75 Å². The standard InChI is InChI=1S/C15H15O.BrH.Mg/c1-12-7-6-10-15(13(12)2)16-11-14-8-4-3-5-9-14;;/h3-8,10H,11H2,1-2H3;1H;/q-1;;+2/p-1. The van der Waals surface area contributed by atoms with Gasteiger partial charge in [-0.25, -0.2) is 0 Å². The van der Waals surface area contributed by atoms with Crippen LogP contribution >= 0.6 is 0 Å². The molecule has 0 aliphatic heterocycles. The fraction of sp³-hybridized carbons (Fsp3) is 0.200. The first-order valence-corrected chi connectivity index (χ1v) is 5.42. The predicted octanol–water partition coefficient (Wildman–Crippen LogP) is 0.306. The Hall–Kier alpha value is -0.514. The molecule has 0 aliphatic carbocycles. The van der Waals surface area contributed by atoms with Crippen molar-refractivity contribution in [2.75, 3.05) is 0 Å². The van der Waals surface area contributed by atoms with Crippen LogP contribution in [0.4, 0.5) is 0 Å². The van der Waals surface area contributed by atoms with Crippen LogP contribution in [0.5, 0.6) is 5.75 Å². The van der Waals surface area contributed by atoms with E-state index in [1.54, 1.807) is 0 Å². The monoisotopic (exact) mass is 314 g/mol. The van der Waals surface area contributed by atoms with E-state index in [1.165, 1.54) is 11.1 Å². The van der Waals surface area contributed by atoms with Crippen molar-refractivity contribution in [2.45, 2.75) is 20.5 Å². The molecule has 2 rings (SSSR count). The average molecular weight is 315 g/mol. The largest absolute Gasteiger partial charge is 2.00 e. The van der Waals surface area contributed by atoms with Gasteiger partial charge in [0.05, 0.1) is 6.61 Å². The smallest absolute Gasteiger partial charge is 1.00 e. The molecular formula is C15H15BrMgO. The van der Waals surface area contributed by atoms with Gasteiger partial charge < -0.3 is 21.7 Å². The minimum Gasteiger partial charge on any atom is -1.00 e. The molecule has 0 heterocycles. The fourth-order valence-corrected chi connectivity index (χ4v) is 1.56. The van der Waals surface area contributed by atoms with E-state index in [1.807, 2.05) is 36.4 Å². The molecule has 90 valence electrons. The zero-order chi connectivity index (χ0) is 11.4. The van der Waals surface area contributed by atoms with Crippen molar-refractivity contribution in [3.05, 3.63) is 65.2 Å². The Morgan fingerprint density at radius 3 is 2.50 bits per heavy atom. The molecule has 2 aromatic carbocycles. The first-order valence-electron chi connectivity index (χ1n) is 5.42. The van der Waals surface area contributed by atoms with Crippen molar-refractivity contribution < 1.29 is 21.7 Å². The zero-order valence-electron chi connectivity index (χ0n) is 10.7. The van der Waals surface area contributed by atoms with Crippen molar-refractivity contribution >= 4 is 23.1 Å². The van der Waals surface area contributed by atoms with Crippen molar-refractivity contribution in [1.29, 1.82) is 0 Å². The van der Waals surface area contributed by atoms with E-state index in [0.717, 1.165) is 11.3 Å². The molecule has 0 atom stereocenters. The summed E-state index contributed by atoms with van der Waals surface area (Å²) in [5.41, 5.74) is 3.54. The molecule has 1 nitrogen and oxygen atoms in total. The first kappa shape index (κ1) is 17.5. The predicted molar refractivity (Wildman–Crippen MR) is 71.3 cm³/mol. The molecule has 0 radical (unpaired) electrons. The van der Waals surface area contributed by atoms with Crippen LogP contribution in [0, 0.1) is 19.9 Å². The van der Waals surface area contributed by atoms with E-state index in [0.29, 0.717) is 6.61 Å². The maximum Gasteiger partial charge on any atom is 2.00 e. The van der Waals surface area contributed by atoms with Crippen LogP contribution in [0.2, 0.25) is 0 Å². The van der Waals surface area contributed by atoms with Gasteiger partial charge in [-0.2, -0.15) is 30.3 Å². The molecule has 0 unspecified atom stereocenters. The minimum absolute atomic E-state index is 0. The second-order valence-corrected chi connectivity index (χ2v) is 3.87. The third kappa shape index (κ3) is 4.63. The Labute approximate surface area is 135 Å². The van der Waals surface area contributed by atoms with E-state index >= 15 is 0 Å². The number of hydrogen-bond acceptors (Lipinski definition) is 1. The topological polar surface area (TPSA) is 9.23 Å². The number of hydrogen-bond donors (Lipinski definition) is 0. The van der Waals surface area contributed by atoms with Crippen LogP contribution in [-0.4, -0.2) is 23.1 Å². The molecule has 0 N–H and O–H groups in total. The minimum atomic E-state index is 0. The third-order valence-electron chi connectivity index (χ3n) is 2.71. The molecule has 0 saturated heterocycles. The summed E-state index contributed by atoms with van der Waals surface area (Å²) in [4.78, 5) is 0. The summed E-state index contributed by atoms with van der Waals surface area (Å²) in [5.74, 6) is 0.956. The van der Waals surface area contributed by atoms with E-state index in [-0.39, 0.29) is 40.0 Å². The SMILES string of the molecule is Cc1cccc(OCc2[c-]cccc2)c1C.[Br-].[Mg+2]. The van der Waals surface area contributed by atoms with Crippen LogP contribution in [0.3, 0.4) is 0 Å². The molecule has 2 aromatic rings. The van der Waals surface area contributed by atoms with Crippen LogP contribution in [0.15, 0.2) is 42.5 Å². The van der Waals surface area contributed by atoms with Crippen molar-refractivity contribution in [1.82, 2.24) is 0 Å². The molecule has 0 aromatic heterocycles. The van der Waals surface area contributed by atoms with Gasteiger partial charge in [0.15, 0.2) is 0 Å². The van der Waals surface area contributed by atoms with Gasteiger partial charge in [0.2, 0.25) is 0 Å². The summed E-state index contributed by atoms with van der Waals surface area (Å²) in [5, 5.41) is 0. The summed E-state index contributed by atoms with van der Waals surface area (Å²) in [6.45, 7) is 4.75. The number of benzene rings is 2. The molecule has 0 fully saturated rings. The quantitative estimate of drug-likeness (QED) is 0.585. The van der Waals surface area contributed by atoms with E-state index in [4.69, 9.17) is 4.74 Å². The third-order valence-corrected chi connectivity index (χ3v) is 2.71. The summed E-state index contributed by atoms with van der Waals surface area (Å²) >= 11 is 0. The Bertz CT molecular complexity index is 471. The van der Waals surface area contributed by atoms with Gasteiger partial charge in [-0.15, -0.1) is 5.56 Å². The van der Waals surface area contributed by atoms with Crippen LogP contribution in [0.1, 0.15) is 16.7 Å². The van der Waals surface area contributed by atoms with Gasteiger partial charge in [0.1, 0.15) is 5.75 Å². The summed E-state index contributed by atoms with van der Waals surface area (Å²) in [7, 11) is 0. The van der Waals surface area contributed by atoms with Gasteiger partial charge in [-0.3, -0.25) is 0 Å². The molecule has 3 heteroatoms. The Morgan fingerprint density at radius 2 is 1.83 bits per heavy atom. The fourth-order valence-electron chi connectivity index (χ4n) is 1.56. The van der Waals surface area contributed by atoms with E-state index in [9.17, 15) is 0 Å². The van der Waals surface area contributed by atoms with Crippen LogP contribution in [0.25, 0.3) is 0 Å². The molecule has 0 aliphatic rings. The Kier molecular flexibility index (Phi) is 8.32. The van der Waals surface area contributed by atoms with Crippen LogP contribution in [-0.2, 0) is 6.61 Å². The number of ether oxygens (including phenoxy) is 1. The second-order valence-electron chi connectivity index (χ2n) is 3.87. The molecule has 18 heavy (non-hydrogen) atoms. The summed E-state index contributed by atoms with van der Waals surface area (Å²) in [6, 6.07) is 17.1. The molecule has 0 spiro atoms.